The third kappa shape index (κ3) is 5.33. The van der Waals surface area contributed by atoms with E-state index in [4.69, 9.17) is 23.2 Å². The Hall–Kier alpha value is -1.84. The molecule has 0 amide bonds. The molecule has 1 unspecified atom stereocenters. The predicted molar refractivity (Wildman–Crippen MR) is 101 cm³/mol. The second-order valence-corrected chi connectivity index (χ2v) is 6.94. The van der Waals surface area contributed by atoms with Crippen molar-refractivity contribution in [3.05, 3.63) is 28.4 Å². The smallest absolute Gasteiger partial charge is 0.404 e. The average molecular weight is 424 g/mol. The molecule has 3 rings (SSSR count). The highest BCUT2D eigenvalue weighted by Gasteiger charge is 2.33. The van der Waals surface area contributed by atoms with Crippen molar-refractivity contribution in [2.24, 2.45) is 4.99 Å². The van der Waals surface area contributed by atoms with E-state index in [0.717, 1.165) is 31.9 Å². The van der Waals surface area contributed by atoms with Crippen molar-refractivity contribution in [1.82, 2.24) is 10.2 Å². The molecular formula is C16H18Cl2F3N5O. The Morgan fingerprint density at radius 2 is 1.93 bits per heavy atom. The molecular weight excluding hydrogens is 406 g/mol. The quantitative estimate of drug-likeness (QED) is 0.727. The van der Waals surface area contributed by atoms with Gasteiger partial charge in [-0.1, -0.05) is 23.2 Å². The van der Waals surface area contributed by atoms with Crippen molar-refractivity contribution in [2.75, 3.05) is 43.4 Å². The number of allylic oxidation sites excluding steroid dienone is 1. The molecule has 1 atom stereocenters. The van der Waals surface area contributed by atoms with Gasteiger partial charge in [0.2, 0.25) is 0 Å². The Morgan fingerprint density at radius 1 is 1.22 bits per heavy atom. The fraction of sp³-hybridized carbons (Fsp3) is 0.438. The van der Waals surface area contributed by atoms with Gasteiger partial charge in [-0.2, -0.15) is 0 Å². The van der Waals surface area contributed by atoms with Crippen LogP contribution in [0.4, 0.5) is 24.5 Å². The Balaban J connectivity index is 1.83. The third-order valence-corrected chi connectivity index (χ3v) is 4.86. The van der Waals surface area contributed by atoms with E-state index in [1.807, 2.05) is 7.05 Å². The molecule has 0 radical (unpaired) electrons. The summed E-state index contributed by atoms with van der Waals surface area (Å²) < 4.78 is 42.4. The molecule has 11 heteroatoms. The summed E-state index contributed by atoms with van der Waals surface area (Å²) >= 11 is 11.7. The van der Waals surface area contributed by atoms with E-state index in [-0.39, 0.29) is 21.6 Å². The predicted octanol–water partition coefficient (Wildman–Crippen LogP) is 3.35. The molecule has 0 aromatic heterocycles. The van der Waals surface area contributed by atoms with Crippen molar-refractivity contribution in [2.45, 2.75) is 12.7 Å². The van der Waals surface area contributed by atoms with Gasteiger partial charge in [0.25, 0.3) is 0 Å². The van der Waals surface area contributed by atoms with E-state index in [0.29, 0.717) is 0 Å². The topological polar surface area (TPSA) is 52.1 Å². The Labute approximate surface area is 164 Å². The Kier molecular flexibility index (Phi) is 5.92. The molecule has 1 aromatic carbocycles. The van der Waals surface area contributed by atoms with Crippen LogP contribution in [0.5, 0.6) is 5.75 Å². The summed E-state index contributed by atoms with van der Waals surface area (Å²) in [5.41, 5.74) is 0.931. The van der Waals surface area contributed by atoms with Crippen LogP contribution in [-0.4, -0.2) is 57.0 Å². The van der Waals surface area contributed by atoms with Crippen molar-refractivity contribution in [3.8, 4) is 5.75 Å². The first-order chi connectivity index (χ1) is 12.7. The van der Waals surface area contributed by atoms with Crippen LogP contribution >= 0.6 is 23.2 Å². The molecule has 2 N–H and O–H groups in total. The monoisotopic (exact) mass is 423 g/mol. The number of hydrogen-bond donors (Lipinski definition) is 2. The zero-order valence-electron chi connectivity index (χ0n) is 14.4. The zero-order chi connectivity index (χ0) is 19.6. The van der Waals surface area contributed by atoms with Gasteiger partial charge in [-0.25, -0.2) is 4.99 Å². The second-order valence-electron chi connectivity index (χ2n) is 6.15. The van der Waals surface area contributed by atoms with Crippen LogP contribution in [0.25, 0.3) is 0 Å². The lowest BCUT2D eigenvalue weighted by molar-refractivity contribution is -0.274. The van der Waals surface area contributed by atoms with Gasteiger partial charge in [0.15, 0.2) is 12.0 Å². The first-order valence-corrected chi connectivity index (χ1v) is 8.92. The number of anilines is 2. The molecule has 6 nitrogen and oxygen atoms in total. The van der Waals surface area contributed by atoms with Crippen LogP contribution in [-0.2, 0) is 0 Å². The molecule has 0 aliphatic carbocycles. The molecule has 0 bridgehead atoms. The molecule has 148 valence electrons. The lowest BCUT2D eigenvalue weighted by Crippen LogP contribution is -2.44. The minimum atomic E-state index is -4.81. The number of likely N-dealkylation sites (N-methyl/N-ethyl adjacent to an activating group) is 1. The minimum Gasteiger partial charge on any atom is -0.404 e. The van der Waals surface area contributed by atoms with Crippen LogP contribution in [0.2, 0.25) is 0 Å². The van der Waals surface area contributed by atoms with Gasteiger partial charge in [0, 0.05) is 38.1 Å². The third-order valence-electron chi connectivity index (χ3n) is 4.16. The number of piperazine rings is 1. The minimum absolute atomic E-state index is 0.140. The van der Waals surface area contributed by atoms with Crippen LogP contribution in [0.1, 0.15) is 0 Å². The maximum absolute atomic E-state index is 12.8. The highest BCUT2D eigenvalue weighted by atomic mass is 35.5. The lowest BCUT2D eigenvalue weighted by Gasteiger charge is -2.34. The number of benzene rings is 1. The van der Waals surface area contributed by atoms with E-state index in [1.165, 1.54) is 12.3 Å². The van der Waals surface area contributed by atoms with Gasteiger partial charge in [-0.05, 0) is 25.2 Å². The fourth-order valence-corrected chi connectivity index (χ4v) is 3.01. The molecule has 2 aliphatic rings. The summed E-state index contributed by atoms with van der Waals surface area (Å²) in [6.07, 6.45) is -4.26. The van der Waals surface area contributed by atoms with Crippen LogP contribution in [0.15, 0.2) is 33.4 Å². The molecule has 0 spiro atoms. The average Bonchev–Trinajstić information content (AvgIpc) is 2.59. The molecule has 1 saturated heterocycles. The molecule has 27 heavy (non-hydrogen) atoms. The van der Waals surface area contributed by atoms with E-state index >= 15 is 0 Å². The summed E-state index contributed by atoms with van der Waals surface area (Å²) in [6.45, 7) is 3.30. The van der Waals surface area contributed by atoms with Gasteiger partial charge in [0.05, 0.1) is 10.7 Å². The normalized spacial score (nSPS) is 21.3. The number of nitrogens with one attached hydrogen (secondary N) is 2. The SMILES string of the molecule is CN1CCN(c2ccc(OC(F)(F)F)c(NC3N=CC(Cl)=C(Cl)N3)c2)CC1. The van der Waals surface area contributed by atoms with E-state index in [1.54, 1.807) is 12.1 Å². The van der Waals surface area contributed by atoms with Crippen LogP contribution in [0, 0.1) is 0 Å². The Bertz CT molecular complexity index is 748. The second kappa shape index (κ2) is 8.04. The largest absolute Gasteiger partial charge is 0.573 e. The molecule has 1 fully saturated rings. The highest BCUT2D eigenvalue weighted by Crippen LogP contribution is 2.34. The van der Waals surface area contributed by atoms with Crippen molar-refractivity contribution in [1.29, 1.82) is 0 Å². The van der Waals surface area contributed by atoms with Crippen molar-refractivity contribution < 1.29 is 17.9 Å². The molecule has 0 saturated carbocycles. The zero-order valence-corrected chi connectivity index (χ0v) is 15.9. The summed E-state index contributed by atoms with van der Waals surface area (Å²) in [5.74, 6) is -0.353. The van der Waals surface area contributed by atoms with Gasteiger partial charge in [-0.3, -0.25) is 0 Å². The molecule has 1 aromatic rings. The first kappa shape index (κ1) is 19.9. The summed E-state index contributed by atoms with van der Waals surface area (Å²) in [5, 5.41) is 5.99. The Morgan fingerprint density at radius 3 is 2.56 bits per heavy atom. The lowest BCUT2D eigenvalue weighted by atomic mass is 10.2. The number of ether oxygens (including phenoxy) is 1. The summed E-state index contributed by atoms with van der Waals surface area (Å²) in [6, 6.07) is 4.51. The van der Waals surface area contributed by atoms with Gasteiger partial charge in [0.1, 0.15) is 5.16 Å². The summed E-state index contributed by atoms with van der Waals surface area (Å²) in [4.78, 5) is 8.36. The molecule has 2 heterocycles. The van der Waals surface area contributed by atoms with E-state index in [2.05, 4.69) is 30.2 Å². The van der Waals surface area contributed by atoms with Crippen molar-refractivity contribution >= 4 is 40.8 Å². The van der Waals surface area contributed by atoms with Crippen LogP contribution < -0.4 is 20.3 Å². The van der Waals surface area contributed by atoms with Crippen LogP contribution in [0.3, 0.4) is 0 Å². The maximum atomic E-state index is 12.8. The van der Waals surface area contributed by atoms with Gasteiger partial charge >= 0.3 is 6.36 Å². The summed E-state index contributed by atoms with van der Waals surface area (Å²) in [7, 11) is 2.03. The number of aliphatic imine (C=N–C) groups is 1. The number of halogens is 5. The number of hydrogen-bond acceptors (Lipinski definition) is 6. The number of alkyl halides is 3. The first-order valence-electron chi connectivity index (χ1n) is 8.16. The van der Waals surface area contributed by atoms with Crippen molar-refractivity contribution in [3.63, 3.8) is 0 Å². The van der Waals surface area contributed by atoms with E-state index in [9.17, 15) is 13.2 Å². The van der Waals surface area contributed by atoms with Gasteiger partial charge < -0.3 is 25.2 Å². The standard InChI is InChI=1S/C16H18Cl2F3N5O/c1-25-4-6-26(7-5-25)10-2-3-13(27-16(19,20)21)12(8-10)23-15-22-9-11(17)14(18)24-15/h2-3,8-9,15,23-24H,4-7H2,1H3. The van der Waals surface area contributed by atoms with E-state index < -0.39 is 12.7 Å². The maximum Gasteiger partial charge on any atom is 0.573 e. The number of nitrogens with zero attached hydrogens (tertiary/aromatic N) is 3. The van der Waals surface area contributed by atoms with Gasteiger partial charge in [-0.15, -0.1) is 13.2 Å². The highest BCUT2D eigenvalue weighted by molar-refractivity contribution is 6.46. The molecule has 2 aliphatic heterocycles. The number of rotatable bonds is 4. The fourth-order valence-electron chi connectivity index (χ4n) is 2.75.